The molecule has 0 bridgehead atoms. The van der Waals surface area contributed by atoms with E-state index in [1.165, 1.54) is 63.4 Å². The van der Waals surface area contributed by atoms with E-state index >= 15 is 0 Å². The van der Waals surface area contributed by atoms with Crippen LogP contribution in [0.2, 0.25) is 0 Å². The normalized spacial score (nSPS) is 19.9. The first-order valence-corrected chi connectivity index (χ1v) is 17.7. The minimum atomic E-state index is -0.864. The Kier molecular flexibility index (Phi) is 16.1. The van der Waals surface area contributed by atoms with E-state index in [4.69, 9.17) is 15.6 Å². The molecule has 13 heteroatoms. The van der Waals surface area contributed by atoms with Crippen LogP contribution < -0.4 is 11.1 Å². The second-order valence-electron chi connectivity index (χ2n) is 11.5. The summed E-state index contributed by atoms with van der Waals surface area (Å²) in [5.41, 5.74) is 7.06. The molecule has 3 fully saturated rings. The van der Waals surface area contributed by atoms with Crippen LogP contribution in [0.15, 0.2) is 57.5 Å². The molecule has 5 N–H and O–H groups in total. The third kappa shape index (κ3) is 12.0. The number of piperazine rings is 1. The topological polar surface area (TPSA) is 124 Å². The second-order valence-corrected chi connectivity index (χ2v) is 14.4. The number of ether oxygens (including phenoxy) is 1. The van der Waals surface area contributed by atoms with Crippen molar-refractivity contribution in [2.24, 2.45) is 5.73 Å². The van der Waals surface area contributed by atoms with Crippen molar-refractivity contribution in [1.29, 1.82) is 0 Å². The Morgan fingerprint density at radius 2 is 1.70 bits per heavy atom. The van der Waals surface area contributed by atoms with Crippen LogP contribution in [-0.4, -0.2) is 103 Å². The number of ketones is 1. The van der Waals surface area contributed by atoms with E-state index in [1.54, 1.807) is 13.0 Å². The molecule has 3 saturated heterocycles. The monoisotopic (exact) mass is 799 g/mol. The van der Waals surface area contributed by atoms with Crippen molar-refractivity contribution in [3.05, 3.63) is 68.0 Å². The molecule has 3 aliphatic heterocycles. The van der Waals surface area contributed by atoms with Crippen LogP contribution in [0.4, 0.5) is 0 Å². The molecular weight excluding hydrogens is 758 g/mol. The summed E-state index contributed by atoms with van der Waals surface area (Å²) in [6.45, 7) is 10.6. The quantitative estimate of drug-likeness (QED) is 0.170. The van der Waals surface area contributed by atoms with Gasteiger partial charge in [-0.2, -0.15) is 0 Å². The van der Waals surface area contributed by atoms with Crippen LogP contribution in [0.25, 0.3) is 21.0 Å². The van der Waals surface area contributed by atoms with Gasteiger partial charge in [0.25, 0.3) is 0 Å². The van der Waals surface area contributed by atoms with Crippen molar-refractivity contribution >= 4 is 88.3 Å². The average molecular weight is 802 g/mol. The lowest BCUT2D eigenvalue weighted by Crippen LogP contribution is -2.53. The van der Waals surface area contributed by atoms with Gasteiger partial charge in [0.2, 0.25) is 0 Å². The van der Waals surface area contributed by atoms with Gasteiger partial charge in [0.1, 0.15) is 4.88 Å². The molecule has 0 saturated carbocycles. The molecule has 0 radical (unpaired) electrons. The zero-order valence-corrected chi connectivity index (χ0v) is 31.1. The fourth-order valence-electron chi connectivity index (χ4n) is 5.28. The Balaban J connectivity index is 0.000000171. The van der Waals surface area contributed by atoms with E-state index in [1.807, 2.05) is 42.5 Å². The van der Waals surface area contributed by atoms with E-state index in [-0.39, 0.29) is 18.2 Å². The molecule has 4 aromatic rings. The molecule has 3 aliphatic rings. The summed E-state index contributed by atoms with van der Waals surface area (Å²) in [5.74, 6) is -0.801. The Morgan fingerprint density at radius 3 is 2.26 bits per heavy atom. The number of piperidine rings is 1. The number of nitrogens with zero attached hydrogens (tertiary/aromatic N) is 2. The Morgan fingerprint density at radius 1 is 1.00 bits per heavy atom. The number of carbonyl (C=O) groups is 2. The summed E-state index contributed by atoms with van der Waals surface area (Å²) in [6.07, 6.45) is 3.80. The maximum absolute atomic E-state index is 11.1. The standard InChI is InChI=1S/C10H8BrNO.C10H21N3.C9H5BrO2S.C4H9NO.ClH/c1-6(13)9-4-7-2-3-8(11)5-10(7)12-9;1-12-5-7-13(8-6-12)10-3-2-4-11-9-10;10-6-2-1-5-3-8(9(11)12)13-7(5)4-6;5-4-1-2-6-3-4;/h2-5,12H,1H3;10-11H,2-9H2,1H3;1-4H,(H,11,12);4H,1-3,5H2;1H. The summed E-state index contributed by atoms with van der Waals surface area (Å²) >= 11 is 8.00. The number of rotatable bonds is 3. The lowest BCUT2D eigenvalue weighted by atomic mass is 10.1. The first-order chi connectivity index (χ1) is 21.6. The van der Waals surface area contributed by atoms with Crippen molar-refractivity contribution in [2.75, 3.05) is 59.5 Å². The number of nitrogens with one attached hydrogen (secondary N) is 2. The predicted octanol–water partition coefficient (Wildman–Crippen LogP) is 6.64. The molecule has 0 spiro atoms. The molecule has 46 heavy (non-hydrogen) atoms. The lowest BCUT2D eigenvalue weighted by Gasteiger charge is -2.39. The maximum Gasteiger partial charge on any atom is 0.345 e. The number of fused-ring (bicyclic) bond motifs is 2. The largest absolute Gasteiger partial charge is 0.477 e. The van der Waals surface area contributed by atoms with Gasteiger partial charge in [-0.15, -0.1) is 23.7 Å². The highest BCUT2D eigenvalue weighted by Gasteiger charge is 2.23. The summed E-state index contributed by atoms with van der Waals surface area (Å²) < 4.78 is 7.91. The third-order valence-corrected chi connectivity index (χ3v) is 10.0. The number of likely N-dealkylation sites (N-methyl/N-ethyl adjacent to an activating group) is 1. The smallest absolute Gasteiger partial charge is 0.345 e. The molecule has 252 valence electrons. The highest BCUT2D eigenvalue weighted by Crippen LogP contribution is 2.28. The number of halogens is 3. The fraction of sp³-hybridized carbons (Fsp3) is 0.455. The van der Waals surface area contributed by atoms with Gasteiger partial charge in [0.15, 0.2) is 5.78 Å². The lowest BCUT2D eigenvalue weighted by molar-refractivity contribution is 0.0702. The molecule has 2 aromatic heterocycles. The number of carboxylic acids is 1. The van der Waals surface area contributed by atoms with Crippen LogP contribution in [-0.2, 0) is 4.74 Å². The van der Waals surface area contributed by atoms with Gasteiger partial charge in [0.05, 0.1) is 12.3 Å². The number of nitrogens with two attached hydrogens (primary N) is 1. The number of benzene rings is 2. The van der Waals surface area contributed by atoms with E-state index in [2.05, 4.69) is 59.0 Å². The molecule has 0 aliphatic carbocycles. The maximum atomic E-state index is 11.1. The molecule has 2 atom stereocenters. The number of carboxylic acid groups (broad SMARTS) is 1. The van der Waals surface area contributed by atoms with Gasteiger partial charge in [0, 0.05) is 82.9 Å². The summed E-state index contributed by atoms with van der Waals surface area (Å²) in [7, 11) is 2.22. The minimum Gasteiger partial charge on any atom is -0.477 e. The molecule has 2 unspecified atom stereocenters. The number of H-pyrrole nitrogens is 1. The number of aromatic amines is 1. The number of aromatic carboxylic acids is 1. The second kappa shape index (κ2) is 19.2. The Labute approximate surface area is 297 Å². The van der Waals surface area contributed by atoms with Gasteiger partial charge < -0.3 is 30.8 Å². The number of aromatic nitrogens is 1. The Hall–Kier alpha value is -1.87. The number of thiophene rings is 1. The van der Waals surface area contributed by atoms with Crippen molar-refractivity contribution in [2.45, 2.75) is 38.3 Å². The highest BCUT2D eigenvalue weighted by molar-refractivity contribution is 9.10. The number of carbonyl (C=O) groups excluding carboxylic acids is 1. The van der Waals surface area contributed by atoms with Crippen LogP contribution in [0.3, 0.4) is 0 Å². The molecule has 2 aromatic carbocycles. The Bertz CT molecular complexity index is 1460. The van der Waals surface area contributed by atoms with Gasteiger partial charge in [-0.05, 0) is 74.6 Å². The molecule has 7 rings (SSSR count). The SMILES string of the molecule is CC(=O)c1cc2ccc(Br)cc2[nH]1.CN1CCN(C2CCCNC2)CC1.Cl.NC1CCOC1.O=C(O)c1cc2ccc(Br)cc2s1. The predicted molar refractivity (Wildman–Crippen MR) is 198 cm³/mol. The zero-order valence-electron chi connectivity index (χ0n) is 26.3. The number of Topliss-reactive ketones (excluding diaryl/α,β-unsaturated/α-hetero) is 1. The van der Waals surface area contributed by atoms with Crippen LogP contribution in [0.5, 0.6) is 0 Å². The van der Waals surface area contributed by atoms with Crippen molar-refractivity contribution in [3.8, 4) is 0 Å². The summed E-state index contributed by atoms with van der Waals surface area (Å²) in [4.78, 5) is 30.2. The van der Waals surface area contributed by atoms with Crippen molar-refractivity contribution < 1.29 is 19.4 Å². The highest BCUT2D eigenvalue weighted by atomic mass is 79.9. The summed E-state index contributed by atoms with van der Waals surface area (Å²) in [5, 5.41) is 14.3. The number of hydrogen-bond acceptors (Lipinski definition) is 8. The van der Waals surface area contributed by atoms with Crippen LogP contribution in [0, 0.1) is 0 Å². The first-order valence-electron chi connectivity index (χ1n) is 15.3. The fourth-order valence-corrected chi connectivity index (χ4v) is 7.10. The van der Waals surface area contributed by atoms with E-state index in [9.17, 15) is 9.59 Å². The van der Waals surface area contributed by atoms with Crippen molar-refractivity contribution in [3.63, 3.8) is 0 Å². The van der Waals surface area contributed by atoms with Gasteiger partial charge in [-0.3, -0.25) is 9.69 Å². The van der Waals surface area contributed by atoms with Gasteiger partial charge in [-0.25, -0.2) is 4.79 Å². The third-order valence-electron chi connectivity index (χ3n) is 7.95. The van der Waals surface area contributed by atoms with Gasteiger partial charge in [-0.1, -0.05) is 44.0 Å². The van der Waals surface area contributed by atoms with Crippen LogP contribution >= 0.6 is 55.6 Å². The summed E-state index contributed by atoms with van der Waals surface area (Å²) in [6, 6.07) is 16.3. The molecular formula is C33H44Br2ClN5O4S. The van der Waals surface area contributed by atoms with E-state index in [0.717, 1.165) is 55.6 Å². The van der Waals surface area contributed by atoms with Crippen LogP contribution in [0.1, 0.15) is 46.3 Å². The average Bonchev–Trinajstić information content (AvgIpc) is 3.78. The first kappa shape index (κ1) is 38.6. The minimum absolute atomic E-state index is 0. The molecule has 0 amide bonds. The molecule has 5 heterocycles. The number of hydrogen-bond donors (Lipinski definition) is 4. The van der Waals surface area contributed by atoms with E-state index < -0.39 is 5.97 Å². The van der Waals surface area contributed by atoms with Crippen molar-refractivity contribution in [1.82, 2.24) is 20.1 Å². The zero-order chi connectivity index (χ0) is 32.3. The molecule has 9 nitrogen and oxygen atoms in total. The van der Waals surface area contributed by atoms with Gasteiger partial charge >= 0.3 is 5.97 Å². The van der Waals surface area contributed by atoms with E-state index in [0.29, 0.717) is 16.6 Å².